The topological polar surface area (TPSA) is 56.7 Å². The van der Waals surface area contributed by atoms with E-state index in [4.69, 9.17) is 5.11 Å². The van der Waals surface area contributed by atoms with E-state index in [1.165, 1.54) is 25.7 Å². The van der Waals surface area contributed by atoms with E-state index in [1.54, 1.807) is 0 Å². The maximum atomic E-state index is 9.08. The third kappa shape index (κ3) is 8.41. The van der Waals surface area contributed by atoms with Crippen LogP contribution in [0.1, 0.15) is 58.8 Å². The average molecular weight is 283 g/mol. The normalized spacial score (nSPS) is 17.1. The van der Waals surface area contributed by atoms with Gasteiger partial charge in [-0.3, -0.25) is 4.99 Å². The van der Waals surface area contributed by atoms with Gasteiger partial charge in [0.2, 0.25) is 0 Å². The zero-order chi connectivity index (χ0) is 14.6. The van der Waals surface area contributed by atoms with Crippen LogP contribution in [0.3, 0.4) is 0 Å². The van der Waals surface area contributed by atoms with Gasteiger partial charge in [-0.05, 0) is 44.4 Å². The van der Waals surface area contributed by atoms with Gasteiger partial charge in [-0.25, -0.2) is 0 Å². The van der Waals surface area contributed by atoms with E-state index in [2.05, 4.69) is 29.5 Å². The van der Waals surface area contributed by atoms with Crippen LogP contribution in [0.25, 0.3) is 0 Å². The lowest BCUT2D eigenvalue weighted by Gasteiger charge is -2.15. The zero-order valence-corrected chi connectivity index (χ0v) is 13.3. The first-order chi connectivity index (χ1) is 9.80. The fourth-order valence-electron chi connectivity index (χ4n) is 2.48. The number of hydrogen-bond donors (Lipinski definition) is 3. The van der Waals surface area contributed by atoms with Crippen molar-refractivity contribution in [2.75, 3.05) is 26.2 Å². The molecule has 118 valence electrons. The van der Waals surface area contributed by atoms with Crippen LogP contribution in [-0.4, -0.2) is 37.3 Å². The molecule has 0 aromatic rings. The lowest BCUT2D eigenvalue weighted by molar-refractivity contribution is 0.253. The van der Waals surface area contributed by atoms with Crippen LogP contribution in [-0.2, 0) is 0 Å². The van der Waals surface area contributed by atoms with E-state index in [1.807, 2.05) is 0 Å². The molecule has 0 aromatic heterocycles. The molecule has 1 aliphatic carbocycles. The molecule has 0 heterocycles. The summed E-state index contributed by atoms with van der Waals surface area (Å²) in [6.07, 6.45) is 8.64. The van der Waals surface area contributed by atoms with Crippen molar-refractivity contribution in [1.82, 2.24) is 10.6 Å². The summed E-state index contributed by atoms with van der Waals surface area (Å²) in [5.74, 6) is 2.45. The maximum absolute atomic E-state index is 9.08. The Hall–Kier alpha value is -0.770. The van der Waals surface area contributed by atoms with Gasteiger partial charge in [-0.2, -0.15) is 0 Å². The number of nitrogens with one attached hydrogen (secondary N) is 2. The molecule has 1 rings (SSSR count). The molecule has 1 saturated carbocycles. The lowest BCUT2D eigenvalue weighted by atomic mass is 10.0. The molecule has 1 unspecified atom stereocenters. The van der Waals surface area contributed by atoms with Crippen LogP contribution < -0.4 is 10.6 Å². The first kappa shape index (κ1) is 17.3. The van der Waals surface area contributed by atoms with Gasteiger partial charge in [0.1, 0.15) is 0 Å². The Morgan fingerprint density at radius 3 is 2.65 bits per heavy atom. The molecule has 0 amide bonds. The SMILES string of the molecule is CCCC(CCO)CN=C(NCC)NCCCC1CC1. The number of guanidine groups is 1. The second kappa shape index (κ2) is 11.0. The van der Waals surface area contributed by atoms with Crippen LogP contribution in [0.2, 0.25) is 0 Å². The fraction of sp³-hybridized carbons (Fsp3) is 0.938. The van der Waals surface area contributed by atoms with Crippen molar-refractivity contribution in [3.63, 3.8) is 0 Å². The highest BCUT2D eigenvalue weighted by Gasteiger charge is 2.19. The van der Waals surface area contributed by atoms with Crippen LogP contribution in [0.4, 0.5) is 0 Å². The Morgan fingerprint density at radius 1 is 1.25 bits per heavy atom. The third-order valence-corrected chi connectivity index (χ3v) is 3.86. The molecule has 1 atom stereocenters. The van der Waals surface area contributed by atoms with Crippen molar-refractivity contribution < 1.29 is 5.11 Å². The molecule has 0 radical (unpaired) electrons. The number of aliphatic hydroxyl groups is 1. The van der Waals surface area contributed by atoms with Gasteiger partial charge < -0.3 is 15.7 Å². The molecular weight excluding hydrogens is 250 g/mol. The summed E-state index contributed by atoms with van der Waals surface area (Å²) < 4.78 is 0. The van der Waals surface area contributed by atoms with Crippen molar-refractivity contribution in [2.24, 2.45) is 16.8 Å². The highest BCUT2D eigenvalue weighted by molar-refractivity contribution is 5.79. The van der Waals surface area contributed by atoms with Crippen LogP contribution in [0, 0.1) is 11.8 Å². The Bertz CT molecular complexity index is 258. The maximum Gasteiger partial charge on any atom is 0.191 e. The number of aliphatic hydroxyl groups excluding tert-OH is 1. The fourth-order valence-corrected chi connectivity index (χ4v) is 2.48. The smallest absolute Gasteiger partial charge is 0.191 e. The standard InChI is InChI=1S/C16H33N3O/c1-3-6-15(10-12-20)13-19-16(17-4-2)18-11-5-7-14-8-9-14/h14-15,20H,3-13H2,1-2H3,(H2,17,18,19). The van der Waals surface area contributed by atoms with E-state index in [9.17, 15) is 0 Å². The van der Waals surface area contributed by atoms with E-state index in [0.717, 1.165) is 50.8 Å². The molecule has 4 nitrogen and oxygen atoms in total. The molecule has 4 heteroatoms. The van der Waals surface area contributed by atoms with Crippen molar-refractivity contribution >= 4 is 5.96 Å². The summed E-state index contributed by atoms with van der Waals surface area (Å²) in [7, 11) is 0. The predicted molar refractivity (Wildman–Crippen MR) is 86.0 cm³/mol. The highest BCUT2D eigenvalue weighted by Crippen LogP contribution is 2.33. The summed E-state index contributed by atoms with van der Waals surface area (Å²) in [5.41, 5.74) is 0. The molecule has 1 aliphatic rings. The molecule has 20 heavy (non-hydrogen) atoms. The minimum absolute atomic E-state index is 0.269. The quantitative estimate of drug-likeness (QED) is 0.310. The Morgan fingerprint density at radius 2 is 2.05 bits per heavy atom. The van der Waals surface area contributed by atoms with Gasteiger partial charge in [0.15, 0.2) is 5.96 Å². The van der Waals surface area contributed by atoms with E-state index in [-0.39, 0.29) is 6.61 Å². The monoisotopic (exact) mass is 283 g/mol. The van der Waals surface area contributed by atoms with Crippen LogP contribution in [0.15, 0.2) is 4.99 Å². The number of nitrogens with zero attached hydrogens (tertiary/aromatic N) is 1. The zero-order valence-electron chi connectivity index (χ0n) is 13.3. The molecular formula is C16H33N3O. The number of rotatable bonds is 11. The summed E-state index contributed by atoms with van der Waals surface area (Å²) in [5, 5.41) is 15.8. The minimum Gasteiger partial charge on any atom is -0.396 e. The Kier molecular flexibility index (Phi) is 9.46. The summed E-state index contributed by atoms with van der Waals surface area (Å²) >= 11 is 0. The van der Waals surface area contributed by atoms with Crippen molar-refractivity contribution in [1.29, 1.82) is 0 Å². The van der Waals surface area contributed by atoms with Gasteiger partial charge in [0.25, 0.3) is 0 Å². The highest BCUT2D eigenvalue weighted by atomic mass is 16.3. The van der Waals surface area contributed by atoms with Crippen molar-refractivity contribution in [3.05, 3.63) is 0 Å². The predicted octanol–water partition coefficient (Wildman–Crippen LogP) is 2.53. The molecule has 0 aromatic carbocycles. The van der Waals surface area contributed by atoms with E-state index < -0.39 is 0 Å². The minimum atomic E-state index is 0.269. The van der Waals surface area contributed by atoms with Gasteiger partial charge in [-0.1, -0.05) is 26.2 Å². The number of aliphatic imine (C=N–C) groups is 1. The first-order valence-corrected chi connectivity index (χ1v) is 8.43. The van der Waals surface area contributed by atoms with Gasteiger partial charge in [0, 0.05) is 26.2 Å². The largest absolute Gasteiger partial charge is 0.396 e. The summed E-state index contributed by atoms with van der Waals surface area (Å²) in [6, 6.07) is 0. The molecule has 0 spiro atoms. The van der Waals surface area contributed by atoms with Gasteiger partial charge in [-0.15, -0.1) is 0 Å². The lowest BCUT2D eigenvalue weighted by Crippen LogP contribution is -2.38. The molecule has 3 N–H and O–H groups in total. The first-order valence-electron chi connectivity index (χ1n) is 8.43. The van der Waals surface area contributed by atoms with Gasteiger partial charge >= 0.3 is 0 Å². The second-order valence-corrected chi connectivity index (χ2v) is 5.90. The van der Waals surface area contributed by atoms with E-state index >= 15 is 0 Å². The molecule has 0 aliphatic heterocycles. The van der Waals surface area contributed by atoms with Crippen LogP contribution in [0.5, 0.6) is 0 Å². The Labute approximate surface area is 124 Å². The van der Waals surface area contributed by atoms with E-state index in [0.29, 0.717) is 5.92 Å². The second-order valence-electron chi connectivity index (χ2n) is 5.90. The molecule has 0 bridgehead atoms. The van der Waals surface area contributed by atoms with Crippen LogP contribution >= 0.6 is 0 Å². The summed E-state index contributed by atoms with van der Waals surface area (Å²) in [6.45, 7) is 7.28. The van der Waals surface area contributed by atoms with Crippen molar-refractivity contribution in [2.45, 2.75) is 58.8 Å². The van der Waals surface area contributed by atoms with Gasteiger partial charge in [0.05, 0.1) is 0 Å². The average Bonchev–Trinajstić information content (AvgIpc) is 3.25. The molecule has 0 saturated heterocycles. The molecule has 1 fully saturated rings. The summed E-state index contributed by atoms with van der Waals surface area (Å²) in [4.78, 5) is 4.67. The third-order valence-electron chi connectivity index (χ3n) is 3.86. The number of hydrogen-bond acceptors (Lipinski definition) is 2. The Balaban J connectivity index is 2.26. The van der Waals surface area contributed by atoms with Crippen molar-refractivity contribution in [3.8, 4) is 0 Å².